The van der Waals surface area contributed by atoms with Crippen LogP contribution in [0.15, 0.2) is 24.3 Å². The first-order valence-corrected chi connectivity index (χ1v) is 7.40. The highest BCUT2D eigenvalue weighted by Gasteiger charge is 2.13. The summed E-state index contributed by atoms with van der Waals surface area (Å²) in [6, 6.07) is 8.15. The van der Waals surface area contributed by atoms with Crippen LogP contribution in [0.5, 0.6) is 5.88 Å². The van der Waals surface area contributed by atoms with Gasteiger partial charge in [-0.25, -0.2) is 0 Å². The first-order valence-electron chi connectivity index (χ1n) is 7.40. The van der Waals surface area contributed by atoms with Crippen molar-refractivity contribution in [3.05, 3.63) is 30.0 Å². The molecule has 0 bridgehead atoms. The maximum Gasteiger partial charge on any atom is 0.241 e. The molecule has 0 saturated carbocycles. The van der Waals surface area contributed by atoms with Crippen LogP contribution in [0.2, 0.25) is 0 Å². The Morgan fingerprint density at radius 3 is 2.90 bits per heavy atom. The molecule has 0 radical (unpaired) electrons. The molecular weight excluding hydrogens is 250 g/mol. The van der Waals surface area contributed by atoms with E-state index in [1.54, 1.807) is 0 Å². The Balaban J connectivity index is 1.67. The lowest BCUT2D eigenvalue weighted by Gasteiger charge is -2.22. The predicted molar refractivity (Wildman–Crippen MR) is 80.0 cm³/mol. The van der Waals surface area contributed by atoms with Crippen LogP contribution in [0.1, 0.15) is 25.0 Å². The number of nitrogens with zero attached hydrogens (tertiary/aromatic N) is 2. The molecule has 20 heavy (non-hydrogen) atoms. The molecule has 1 unspecified atom stereocenters. The van der Waals surface area contributed by atoms with Gasteiger partial charge < -0.3 is 10.1 Å². The van der Waals surface area contributed by atoms with Crippen molar-refractivity contribution in [2.24, 2.45) is 5.92 Å². The van der Waals surface area contributed by atoms with E-state index in [4.69, 9.17) is 4.74 Å². The normalized spacial score (nSPS) is 19.1. The number of ether oxygens (including phenoxy) is 1. The van der Waals surface area contributed by atoms with Gasteiger partial charge in [-0.3, -0.25) is 0 Å². The highest BCUT2D eigenvalue weighted by molar-refractivity contribution is 5.88. The number of aromatic nitrogens is 2. The molecule has 1 aromatic carbocycles. The molecule has 0 aliphatic carbocycles. The number of rotatable bonds is 4. The Kier molecular flexibility index (Phi) is 4.11. The van der Waals surface area contributed by atoms with Crippen molar-refractivity contribution in [2.75, 3.05) is 19.7 Å². The summed E-state index contributed by atoms with van der Waals surface area (Å²) >= 11 is 0. The molecule has 106 valence electrons. The third-order valence-electron chi connectivity index (χ3n) is 4.00. The first kappa shape index (κ1) is 13.3. The summed E-state index contributed by atoms with van der Waals surface area (Å²) in [4.78, 5) is 0. The largest absolute Gasteiger partial charge is 0.476 e. The zero-order chi connectivity index (χ0) is 13.8. The van der Waals surface area contributed by atoms with Crippen LogP contribution in [0.3, 0.4) is 0 Å². The van der Waals surface area contributed by atoms with E-state index < -0.39 is 0 Å². The van der Waals surface area contributed by atoms with Gasteiger partial charge in [0.25, 0.3) is 0 Å². The van der Waals surface area contributed by atoms with Gasteiger partial charge in [-0.15, -0.1) is 5.10 Å². The van der Waals surface area contributed by atoms with E-state index in [2.05, 4.69) is 27.6 Å². The maximum absolute atomic E-state index is 5.88. The summed E-state index contributed by atoms with van der Waals surface area (Å²) in [6.07, 6.45) is 3.66. The molecular formula is C16H21N3O. The SMILES string of the molecule is Cc1nnc(OCCC2CCCNC2)c2ccccc12. The molecule has 0 spiro atoms. The fraction of sp³-hybridized carbons (Fsp3) is 0.500. The molecule has 0 amide bonds. The zero-order valence-corrected chi connectivity index (χ0v) is 11.9. The van der Waals surface area contributed by atoms with Gasteiger partial charge in [0.1, 0.15) is 0 Å². The number of nitrogens with one attached hydrogen (secondary N) is 1. The average molecular weight is 271 g/mol. The molecule has 1 saturated heterocycles. The van der Waals surface area contributed by atoms with E-state index in [1.807, 2.05) is 19.1 Å². The molecule has 1 aliphatic rings. The average Bonchev–Trinajstić information content (AvgIpc) is 2.51. The molecule has 4 heteroatoms. The Morgan fingerprint density at radius 2 is 2.10 bits per heavy atom. The summed E-state index contributed by atoms with van der Waals surface area (Å²) in [5, 5.41) is 14.0. The van der Waals surface area contributed by atoms with Crippen molar-refractivity contribution in [2.45, 2.75) is 26.2 Å². The van der Waals surface area contributed by atoms with Gasteiger partial charge in [0.2, 0.25) is 5.88 Å². The van der Waals surface area contributed by atoms with Crippen LogP contribution in [0, 0.1) is 12.8 Å². The standard InChI is InChI=1S/C16H21N3O/c1-12-14-6-2-3-7-15(14)16(19-18-12)20-10-8-13-5-4-9-17-11-13/h2-3,6-7,13,17H,4-5,8-11H2,1H3. The van der Waals surface area contributed by atoms with Crippen LogP contribution in [-0.4, -0.2) is 29.9 Å². The summed E-state index contributed by atoms with van der Waals surface area (Å²) < 4.78 is 5.88. The van der Waals surface area contributed by atoms with Gasteiger partial charge in [-0.2, -0.15) is 5.10 Å². The number of hydrogen-bond donors (Lipinski definition) is 1. The lowest BCUT2D eigenvalue weighted by molar-refractivity contribution is 0.248. The second kappa shape index (κ2) is 6.18. The molecule has 1 fully saturated rings. The second-order valence-corrected chi connectivity index (χ2v) is 5.49. The summed E-state index contributed by atoms with van der Waals surface area (Å²) in [5.74, 6) is 1.39. The smallest absolute Gasteiger partial charge is 0.241 e. The van der Waals surface area contributed by atoms with Crippen molar-refractivity contribution in [1.82, 2.24) is 15.5 Å². The van der Waals surface area contributed by atoms with Crippen molar-refractivity contribution in [1.29, 1.82) is 0 Å². The molecule has 2 aromatic rings. The predicted octanol–water partition coefficient (Wildman–Crippen LogP) is 2.71. The lowest BCUT2D eigenvalue weighted by atomic mass is 9.97. The Morgan fingerprint density at radius 1 is 1.25 bits per heavy atom. The quantitative estimate of drug-likeness (QED) is 0.928. The van der Waals surface area contributed by atoms with E-state index in [0.29, 0.717) is 12.5 Å². The van der Waals surface area contributed by atoms with Gasteiger partial charge in [0.05, 0.1) is 12.3 Å². The van der Waals surface area contributed by atoms with Crippen molar-refractivity contribution in [3.8, 4) is 5.88 Å². The minimum atomic E-state index is 0.662. The zero-order valence-electron chi connectivity index (χ0n) is 11.9. The molecule has 1 aliphatic heterocycles. The summed E-state index contributed by atoms with van der Waals surface area (Å²) in [6.45, 7) is 4.97. The van der Waals surface area contributed by atoms with Crippen LogP contribution in [-0.2, 0) is 0 Å². The van der Waals surface area contributed by atoms with Gasteiger partial charge in [-0.05, 0) is 51.3 Å². The molecule has 1 atom stereocenters. The summed E-state index contributed by atoms with van der Waals surface area (Å²) in [7, 11) is 0. The van der Waals surface area contributed by atoms with E-state index >= 15 is 0 Å². The number of aryl methyl sites for hydroxylation is 1. The third kappa shape index (κ3) is 2.90. The van der Waals surface area contributed by atoms with Crippen molar-refractivity contribution >= 4 is 10.8 Å². The molecule has 3 rings (SSSR count). The number of benzene rings is 1. The lowest BCUT2D eigenvalue weighted by Crippen LogP contribution is -2.30. The van der Waals surface area contributed by atoms with Crippen molar-refractivity contribution in [3.63, 3.8) is 0 Å². The second-order valence-electron chi connectivity index (χ2n) is 5.49. The van der Waals surface area contributed by atoms with Gasteiger partial charge in [0, 0.05) is 10.8 Å². The van der Waals surface area contributed by atoms with E-state index in [1.165, 1.54) is 12.8 Å². The van der Waals surface area contributed by atoms with Crippen LogP contribution < -0.4 is 10.1 Å². The molecule has 2 heterocycles. The fourth-order valence-electron chi connectivity index (χ4n) is 2.81. The van der Waals surface area contributed by atoms with E-state index in [-0.39, 0.29) is 0 Å². The minimum Gasteiger partial charge on any atom is -0.476 e. The van der Waals surface area contributed by atoms with Crippen molar-refractivity contribution < 1.29 is 4.74 Å². The number of piperidine rings is 1. The Bertz CT molecular complexity index is 579. The first-order chi connectivity index (χ1) is 9.84. The highest BCUT2D eigenvalue weighted by Crippen LogP contribution is 2.24. The van der Waals surface area contributed by atoms with Crippen LogP contribution >= 0.6 is 0 Å². The topological polar surface area (TPSA) is 47.0 Å². The van der Waals surface area contributed by atoms with Gasteiger partial charge in [0.15, 0.2) is 0 Å². The highest BCUT2D eigenvalue weighted by atomic mass is 16.5. The minimum absolute atomic E-state index is 0.662. The number of fused-ring (bicyclic) bond motifs is 1. The molecule has 4 nitrogen and oxygen atoms in total. The Labute approximate surface area is 119 Å². The number of hydrogen-bond acceptors (Lipinski definition) is 4. The maximum atomic E-state index is 5.88. The van der Waals surface area contributed by atoms with E-state index in [9.17, 15) is 0 Å². The monoisotopic (exact) mass is 271 g/mol. The van der Waals surface area contributed by atoms with Crippen LogP contribution in [0.4, 0.5) is 0 Å². The fourth-order valence-corrected chi connectivity index (χ4v) is 2.81. The third-order valence-corrected chi connectivity index (χ3v) is 4.00. The van der Waals surface area contributed by atoms with Gasteiger partial charge in [-0.1, -0.05) is 18.2 Å². The van der Waals surface area contributed by atoms with E-state index in [0.717, 1.165) is 41.9 Å². The molecule has 1 aromatic heterocycles. The van der Waals surface area contributed by atoms with Crippen LogP contribution in [0.25, 0.3) is 10.8 Å². The Hall–Kier alpha value is -1.68. The molecule has 1 N–H and O–H groups in total. The van der Waals surface area contributed by atoms with Gasteiger partial charge >= 0.3 is 0 Å². The summed E-state index contributed by atoms with van der Waals surface area (Å²) in [5.41, 5.74) is 0.949.